The van der Waals surface area contributed by atoms with Gasteiger partial charge in [0.2, 0.25) is 0 Å². The summed E-state index contributed by atoms with van der Waals surface area (Å²) < 4.78 is 0. The van der Waals surface area contributed by atoms with Crippen LogP contribution in [0.4, 0.5) is 0 Å². The molecule has 0 aromatic heterocycles. The zero-order chi connectivity index (χ0) is 11.5. The van der Waals surface area contributed by atoms with Gasteiger partial charge in [-0.1, -0.05) is 30.3 Å². The summed E-state index contributed by atoms with van der Waals surface area (Å²) in [6.45, 7) is 1.81. The highest BCUT2D eigenvalue weighted by molar-refractivity contribution is 8.03. The van der Waals surface area contributed by atoms with Crippen molar-refractivity contribution in [2.75, 3.05) is 5.75 Å². The van der Waals surface area contributed by atoms with Crippen molar-refractivity contribution >= 4 is 17.8 Å². The summed E-state index contributed by atoms with van der Waals surface area (Å²) in [5.74, 6) is 0.470. The maximum Gasteiger partial charge on any atom is 0.260 e. The van der Waals surface area contributed by atoms with Crippen molar-refractivity contribution in [3.05, 3.63) is 62.2 Å². The van der Waals surface area contributed by atoms with E-state index in [0.29, 0.717) is 11.4 Å². The van der Waals surface area contributed by atoms with Crippen molar-refractivity contribution in [2.45, 2.75) is 6.92 Å². The Kier molecular flexibility index (Phi) is 3.10. The minimum absolute atomic E-state index is 0.284. The molecule has 1 heterocycles. The molecule has 82 valence electrons. The van der Waals surface area contributed by atoms with Crippen LogP contribution in [-0.2, 0) is 0 Å². The van der Waals surface area contributed by atoms with Crippen molar-refractivity contribution in [3.8, 4) is 0 Å². The van der Waals surface area contributed by atoms with Gasteiger partial charge in [0.15, 0.2) is 0 Å². The van der Waals surface area contributed by atoms with Crippen molar-refractivity contribution in [3.63, 3.8) is 0 Å². The van der Waals surface area contributed by atoms with Crippen LogP contribution in [0.2, 0.25) is 0 Å². The molecular formula is C12H11NO2S. The standard InChI is InChI=1S/C12H11NO2S/c1-9-11(13(14)15)8-16-12(9)7-10-5-3-2-4-6-10/h2-7H,8H2,1H3. The fourth-order valence-electron chi connectivity index (χ4n) is 1.55. The molecule has 0 amide bonds. The first-order valence-corrected chi connectivity index (χ1v) is 5.91. The van der Waals surface area contributed by atoms with Gasteiger partial charge in [-0.25, -0.2) is 0 Å². The van der Waals surface area contributed by atoms with Gasteiger partial charge < -0.3 is 0 Å². The summed E-state index contributed by atoms with van der Waals surface area (Å²) >= 11 is 1.53. The summed E-state index contributed by atoms with van der Waals surface area (Å²) in [6, 6.07) is 9.85. The van der Waals surface area contributed by atoms with Crippen LogP contribution in [0, 0.1) is 10.1 Å². The molecule has 0 bridgehead atoms. The number of rotatable bonds is 2. The maximum atomic E-state index is 10.7. The number of thioether (sulfide) groups is 1. The van der Waals surface area contributed by atoms with Gasteiger partial charge in [-0.05, 0) is 18.6 Å². The smallest absolute Gasteiger partial charge is 0.259 e. The van der Waals surface area contributed by atoms with Gasteiger partial charge >= 0.3 is 0 Å². The minimum atomic E-state index is -0.284. The molecule has 1 aliphatic rings. The van der Waals surface area contributed by atoms with E-state index in [9.17, 15) is 10.1 Å². The van der Waals surface area contributed by atoms with Crippen LogP contribution in [0.25, 0.3) is 6.08 Å². The second kappa shape index (κ2) is 4.53. The zero-order valence-electron chi connectivity index (χ0n) is 8.84. The molecule has 1 aromatic carbocycles. The molecular weight excluding hydrogens is 222 g/mol. The second-order valence-corrected chi connectivity index (χ2v) is 4.55. The molecule has 16 heavy (non-hydrogen) atoms. The van der Waals surface area contributed by atoms with Crippen LogP contribution in [0.5, 0.6) is 0 Å². The lowest BCUT2D eigenvalue weighted by Gasteiger charge is -1.97. The highest BCUT2D eigenvalue weighted by atomic mass is 32.2. The first-order chi connectivity index (χ1) is 7.68. The van der Waals surface area contributed by atoms with Crippen molar-refractivity contribution in [1.82, 2.24) is 0 Å². The van der Waals surface area contributed by atoms with E-state index in [2.05, 4.69) is 0 Å². The van der Waals surface area contributed by atoms with Crippen LogP contribution in [-0.4, -0.2) is 10.7 Å². The summed E-state index contributed by atoms with van der Waals surface area (Å²) in [6.07, 6.45) is 2.00. The van der Waals surface area contributed by atoms with E-state index >= 15 is 0 Å². The van der Waals surface area contributed by atoms with Gasteiger partial charge in [0, 0.05) is 10.5 Å². The van der Waals surface area contributed by atoms with Gasteiger partial charge in [0.1, 0.15) is 0 Å². The Balaban J connectivity index is 2.32. The molecule has 1 aliphatic heterocycles. The average molecular weight is 233 g/mol. The Bertz CT molecular complexity index is 477. The molecule has 1 aromatic rings. The third-order valence-corrected chi connectivity index (χ3v) is 3.64. The van der Waals surface area contributed by atoms with Gasteiger partial charge in [-0.2, -0.15) is 0 Å². The fourth-order valence-corrected chi connectivity index (χ4v) is 2.71. The topological polar surface area (TPSA) is 43.1 Å². The second-order valence-electron chi connectivity index (χ2n) is 3.54. The Labute approximate surface area is 98.0 Å². The monoisotopic (exact) mass is 233 g/mol. The van der Waals surface area contributed by atoms with Gasteiger partial charge in [0.05, 0.1) is 10.7 Å². The number of nitro groups is 1. The highest BCUT2D eigenvalue weighted by Crippen LogP contribution is 2.37. The van der Waals surface area contributed by atoms with Crippen molar-refractivity contribution in [2.24, 2.45) is 0 Å². The average Bonchev–Trinajstić information content (AvgIpc) is 2.62. The molecule has 0 spiro atoms. The molecule has 0 unspecified atom stereocenters. The largest absolute Gasteiger partial charge is 0.260 e. The van der Waals surface area contributed by atoms with Crippen LogP contribution >= 0.6 is 11.8 Å². The SMILES string of the molecule is CC1=C([N+](=O)[O-])CSC1=Cc1ccccc1. The molecule has 0 fully saturated rings. The quantitative estimate of drug-likeness (QED) is 0.581. The Morgan fingerprint density at radius 3 is 2.62 bits per heavy atom. The number of hydrogen-bond acceptors (Lipinski definition) is 3. The fraction of sp³-hybridized carbons (Fsp3) is 0.167. The van der Waals surface area contributed by atoms with E-state index in [0.717, 1.165) is 16.0 Å². The van der Waals surface area contributed by atoms with Crippen molar-refractivity contribution < 1.29 is 4.92 Å². The van der Waals surface area contributed by atoms with Gasteiger partial charge in [-0.3, -0.25) is 10.1 Å². The Morgan fingerprint density at radius 1 is 1.38 bits per heavy atom. The normalized spacial score (nSPS) is 18.2. The number of nitrogens with zero attached hydrogens (tertiary/aromatic N) is 1. The summed E-state index contributed by atoms with van der Waals surface area (Å²) in [5.41, 5.74) is 2.19. The molecule has 0 saturated heterocycles. The lowest BCUT2D eigenvalue weighted by atomic mass is 10.1. The van der Waals surface area contributed by atoms with Crippen LogP contribution in [0.1, 0.15) is 12.5 Å². The van der Waals surface area contributed by atoms with E-state index in [4.69, 9.17) is 0 Å². The Morgan fingerprint density at radius 2 is 2.06 bits per heavy atom. The molecule has 2 rings (SSSR count). The Hall–Kier alpha value is -1.55. The number of allylic oxidation sites excluding steroid dienone is 1. The minimum Gasteiger partial charge on any atom is -0.259 e. The third-order valence-electron chi connectivity index (χ3n) is 2.48. The number of hydrogen-bond donors (Lipinski definition) is 0. The maximum absolute atomic E-state index is 10.7. The van der Waals surface area contributed by atoms with E-state index in [1.54, 1.807) is 0 Å². The predicted octanol–water partition coefficient (Wildman–Crippen LogP) is 3.33. The number of benzene rings is 1. The summed E-state index contributed by atoms with van der Waals surface area (Å²) in [4.78, 5) is 11.4. The molecule has 3 nitrogen and oxygen atoms in total. The molecule has 0 aliphatic carbocycles. The summed E-state index contributed by atoms with van der Waals surface area (Å²) in [5, 5.41) is 10.7. The lowest BCUT2D eigenvalue weighted by molar-refractivity contribution is -0.424. The van der Waals surface area contributed by atoms with Crippen molar-refractivity contribution in [1.29, 1.82) is 0 Å². The van der Waals surface area contributed by atoms with Gasteiger partial charge in [-0.15, -0.1) is 11.8 Å². The zero-order valence-corrected chi connectivity index (χ0v) is 9.66. The van der Waals surface area contributed by atoms with Gasteiger partial charge in [0.25, 0.3) is 5.70 Å². The lowest BCUT2D eigenvalue weighted by Crippen LogP contribution is -1.99. The van der Waals surface area contributed by atoms with E-state index in [1.165, 1.54) is 11.8 Å². The molecule has 4 heteroatoms. The molecule has 0 radical (unpaired) electrons. The first kappa shape index (κ1) is 11.0. The molecule has 0 N–H and O–H groups in total. The van der Waals surface area contributed by atoms with E-state index < -0.39 is 0 Å². The van der Waals surface area contributed by atoms with Crippen LogP contribution in [0.15, 0.2) is 46.5 Å². The third kappa shape index (κ3) is 2.17. The van der Waals surface area contributed by atoms with Crippen LogP contribution < -0.4 is 0 Å². The van der Waals surface area contributed by atoms with E-state index in [1.807, 2.05) is 43.3 Å². The predicted molar refractivity (Wildman–Crippen MR) is 66.6 cm³/mol. The van der Waals surface area contributed by atoms with E-state index in [-0.39, 0.29) is 4.92 Å². The molecule has 0 saturated carbocycles. The first-order valence-electron chi connectivity index (χ1n) is 4.92. The highest BCUT2D eigenvalue weighted by Gasteiger charge is 2.25. The molecule has 0 atom stereocenters. The summed E-state index contributed by atoms with van der Waals surface area (Å²) in [7, 11) is 0. The van der Waals surface area contributed by atoms with Crippen LogP contribution in [0.3, 0.4) is 0 Å².